The average molecular weight is 157 g/mol. The highest BCUT2D eigenvalue weighted by Gasteiger charge is 2.21. The minimum atomic E-state index is -0.0391. The van der Waals surface area contributed by atoms with Crippen molar-refractivity contribution in [2.45, 2.75) is 38.7 Å². The van der Waals surface area contributed by atoms with Crippen LogP contribution in [0.15, 0.2) is 0 Å². The summed E-state index contributed by atoms with van der Waals surface area (Å²) in [4.78, 5) is 0. The normalized spacial score (nSPS) is 32.2. The predicted molar refractivity (Wildman–Crippen MR) is 46.5 cm³/mol. The first-order valence-electron chi connectivity index (χ1n) is 4.73. The lowest BCUT2D eigenvalue weighted by Crippen LogP contribution is -2.39. The van der Waals surface area contributed by atoms with Gasteiger partial charge in [0.15, 0.2) is 0 Å². The Balaban J connectivity index is 2.18. The lowest BCUT2D eigenvalue weighted by Gasteiger charge is -2.28. The third-order valence-electron chi connectivity index (χ3n) is 2.50. The van der Waals surface area contributed by atoms with E-state index in [9.17, 15) is 5.11 Å². The molecular weight excluding hydrogens is 138 g/mol. The van der Waals surface area contributed by atoms with E-state index in [0.717, 1.165) is 19.5 Å². The smallest absolute Gasteiger partial charge is 0.0592 e. The molecule has 2 N–H and O–H groups in total. The van der Waals surface area contributed by atoms with Crippen molar-refractivity contribution in [3.05, 3.63) is 0 Å². The maximum atomic E-state index is 9.56. The molecule has 1 saturated heterocycles. The summed E-state index contributed by atoms with van der Waals surface area (Å²) < 4.78 is 0. The van der Waals surface area contributed by atoms with E-state index in [4.69, 9.17) is 0 Å². The predicted octanol–water partition coefficient (Wildman–Crippen LogP) is 1.15. The number of nitrogens with one attached hydrogen (secondary N) is 1. The van der Waals surface area contributed by atoms with Crippen LogP contribution in [-0.4, -0.2) is 24.3 Å². The monoisotopic (exact) mass is 157 g/mol. The first-order chi connectivity index (χ1) is 5.34. The number of hydrogen-bond donors (Lipinski definition) is 2. The standard InChI is InChI=1S/C9H19NO/c1-2-3-4-8-7-10-6-5-9(8)11/h8-11H,2-7H2,1H3. The first-order valence-corrected chi connectivity index (χ1v) is 4.73. The van der Waals surface area contributed by atoms with Gasteiger partial charge in [0.25, 0.3) is 0 Å². The van der Waals surface area contributed by atoms with E-state index < -0.39 is 0 Å². The number of aliphatic hydroxyl groups excluding tert-OH is 1. The van der Waals surface area contributed by atoms with Crippen molar-refractivity contribution in [1.29, 1.82) is 0 Å². The van der Waals surface area contributed by atoms with E-state index in [1.54, 1.807) is 0 Å². The van der Waals surface area contributed by atoms with E-state index in [2.05, 4.69) is 12.2 Å². The maximum absolute atomic E-state index is 9.56. The van der Waals surface area contributed by atoms with Crippen LogP contribution < -0.4 is 5.32 Å². The fourth-order valence-electron chi connectivity index (χ4n) is 1.67. The van der Waals surface area contributed by atoms with E-state index in [-0.39, 0.29) is 6.10 Å². The minimum Gasteiger partial charge on any atom is -0.393 e. The zero-order valence-corrected chi connectivity index (χ0v) is 7.34. The van der Waals surface area contributed by atoms with E-state index in [1.807, 2.05) is 0 Å². The SMILES string of the molecule is CCCCC1CNCCC1O. The summed E-state index contributed by atoms with van der Waals surface area (Å²) in [5, 5.41) is 12.9. The Kier molecular flexibility index (Phi) is 3.87. The van der Waals surface area contributed by atoms with Gasteiger partial charge in [0.1, 0.15) is 0 Å². The zero-order valence-electron chi connectivity index (χ0n) is 7.34. The number of piperidine rings is 1. The second-order valence-corrected chi connectivity index (χ2v) is 3.46. The third-order valence-corrected chi connectivity index (χ3v) is 2.50. The van der Waals surface area contributed by atoms with Gasteiger partial charge in [0, 0.05) is 6.54 Å². The Morgan fingerprint density at radius 3 is 3.00 bits per heavy atom. The van der Waals surface area contributed by atoms with E-state index in [1.165, 1.54) is 19.3 Å². The fourth-order valence-corrected chi connectivity index (χ4v) is 1.67. The molecule has 2 heteroatoms. The van der Waals surface area contributed by atoms with Gasteiger partial charge in [-0.15, -0.1) is 0 Å². The summed E-state index contributed by atoms with van der Waals surface area (Å²) in [6.07, 6.45) is 4.58. The van der Waals surface area contributed by atoms with Gasteiger partial charge in [-0.2, -0.15) is 0 Å². The lowest BCUT2D eigenvalue weighted by atomic mass is 9.91. The molecule has 0 aromatic carbocycles. The molecule has 0 aromatic heterocycles. The molecule has 66 valence electrons. The Hall–Kier alpha value is -0.0800. The Bertz CT molecular complexity index is 106. The highest BCUT2D eigenvalue weighted by Crippen LogP contribution is 2.17. The molecule has 11 heavy (non-hydrogen) atoms. The fraction of sp³-hybridized carbons (Fsp3) is 1.00. The van der Waals surface area contributed by atoms with Crippen LogP contribution in [-0.2, 0) is 0 Å². The molecular formula is C9H19NO. The quantitative estimate of drug-likeness (QED) is 0.644. The molecule has 2 atom stereocenters. The Labute approximate surface area is 69.0 Å². The van der Waals surface area contributed by atoms with Gasteiger partial charge in [0.2, 0.25) is 0 Å². The number of rotatable bonds is 3. The van der Waals surface area contributed by atoms with Crippen molar-refractivity contribution in [2.24, 2.45) is 5.92 Å². The molecule has 0 spiro atoms. The van der Waals surface area contributed by atoms with Gasteiger partial charge in [-0.05, 0) is 25.3 Å². The van der Waals surface area contributed by atoms with Crippen LogP contribution >= 0.6 is 0 Å². The average Bonchev–Trinajstić information content (AvgIpc) is 2.03. The van der Waals surface area contributed by atoms with Crippen LogP contribution in [0.5, 0.6) is 0 Å². The Morgan fingerprint density at radius 1 is 1.55 bits per heavy atom. The number of hydrogen-bond acceptors (Lipinski definition) is 2. The molecule has 0 amide bonds. The van der Waals surface area contributed by atoms with Crippen molar-refractivity contribution in [1.82, 2.24) is 5.32 Å². The highest BCUT2D eigenvalue weighted by atomic mass is 16.3. The lowest BCUT2D eigenvalue weighted by molar-refractivity contribution is 0.0734. The van der Waals surface area contributed by atoms with Crippen LogP contribution in [0.25, 0.3) is 0 Å². The second kappa shape index (κ2) is 4.73. The molecule has 0 aromatic rings. The van der Waals surface area contributed by atoms with Crippen molar-refractivity contribution >= 4 is 0 Å². The molecule has 1 aliphatic heterocycles. The van der Waals surface area contributed by atoms with Crippen LogP contribution in [0.1, 0.15) is 32.6 Å². The molecule has 2 nitrogen and oxygen atoms in total. The second-order valence-electron chi connectivity index (χ2n) is 3.46. The highest BCUT2D eigenvalue weighted by molar-refractivity contribution is 4.76. The van der Waals surface area contributed by atoms with Crippen molar-refractivity contribution in [2.75, 3.05) is 13.1 Å². The summed E-state index contributed by atoms with van der Waals surface area (Å²) in [7, 11) is 0. The summed E-state index contributed by atoms with van der Waals surface area (Å²) in [6, 6.07) is 0. The van der Waals surface area contributed by atoms with E-state index >= 15 is 0 Å². The third kappa shape index (κ3) is 2.80. The van der Waals surface area contributed by atoms with Gasteiger partial charge in [-0.1, -0.05) is 19.8 Å². The van der Waals surface area contributed by atoms with Crippen LogP contribution in [0.4, 0.5) is 0 Å². The van der Waals surface area contributed by atoms with Gasteiger partial charge in [-0.25, -0.2) is 0 Å². The Morgan fingerprint density at radius 2 is 2.36 bits per heavy atom. The topological polar surface area (TPSA) is 32.3 Å². The molecule has 0 bridgehead atoms. The molecule has 1 aliphatic rings. The van der Waals surface area contributed by atoms with Crippen molar-refractivity contribution in [3.63, 3.8) is 0 Å². The zero-order chi connectivity index (χ0) is 8.10. The van der Waals surface area contributed by atoms with Crippen molar-refractivity contribution in [3.8, 4) is 0 Å². The molecule has 0 radical (unpaired) electrons. The van der Waals surface area contributed by atoms with Gasteiger partial charge in [-0.3, -0.25) is 0 Å². The molecule has 0 saturated carbocycles. The summed E-state index contributed by atoms with van der Waals surface area (Å²) >= 11 is 0. The number of unbranched alkanes of at least 4 members (excludes halogenated alkanes) is 1. The van der Waals surface area contributed by atoms with E-state index in [0.29, 0.717) is 5.92 Å². The molecule has 0 aliphatic carbocycles. The summed E-state index contributed by atoms with van der Waals surface area (Å²) in [6.45, 7) is 4.20. The molecule has 1 fully saturated rings. The number of aliphatic hydroxyl groups is 1. The molecule has 1 rings (SSSR count). The van der Waals surface area contributed by atoms with Gasteiger partial charge in [0.05, 0.1) is 6.10 Å². The molecule has 2 unspecified atom stereocenters. The van der Waals surface area contributed by atoms with Gasteiger partial charge < -0.3 is 10.4 Å². The first kappa shape index (κ1) is 9.01. The molecule has 1 heterocycles. The van der Waals surface area contributed by atoms with Crippen LogP contribution in [0, 0.1) is 5.92 Å². The van der Waals surface area contributed by atoms with Gasteiger partial charge >= 0.3 is 0 Å². The minimum absolute atomic E-state index is 0.0391. The van der Waals surface area contributed by atoms with Crippen LogP contribution in [0.3, 0.4) is 0 Å². The largest absolute Gasteiger partial charge is 0.393 e. The van der Waals surface area contributed by atoms with Crippen LogP contribution in [0.2, 0.25) is 0 Å². The van der Waals surface area contributed by atoms with Crippen molar-refractivity contribution < 1.29 is 5.11 Å². The maximum Gasteiger partial charge on any atom is 0.0592 e. The summed E-state index contributed by atoms with van der Waals surface area (Å²) in [5.74, 6) is 0.517. The summed E-state index contributed by atoms with van der Waals surface area (Å²) in [5.41, 5.74) is 0.